The van der Waals surface area contributed by atoms with E-state index < -0.39 is 5.97 Å². The monoisotopic (exact) mass is 301 g/mol. The highest BCUT2D eigenvalue weighted by molar-refractivity contribution is 6.29. The molecule has 2 heterocycles. The largest absolute Gasteiger partial charge is 0.481 e. The number of nitrogens with zero attached hydrogens (tertiary/aromatic N) is 3. The van der Waals surface area contributed by atoms with Crippen LogP contribution in [0.3, 0.4) is 0 Å². The maximum Gasteiger partial charge on any atom is 0.305 e. The molecule has 1 aliphatic heterocycles. The number of hydrogen-bond donors (Lipinski definition) is 1. The number of hydrogen-bond acceptors (Lipinski definition) is 4. The molecule has 0 atom stereocenters. The van der Waals surface area contributed by atoms with Crippen LogP contribution in [0.15, 0.2) is 6.20 Å². The molecule has 1 aliphatic rings. The third-order valence-corrected chi connectivity index (χ3v) is 3.95. The summed E-state index contributed by atoms with van der Waals surface area (Å²) in [7, 11) is 1.91. The lowest BCUT2D eigenvalue weighted by Gasteiger charge is -2.31. The lowest BCUT2D eigenvalue weighted by atomic mass is 10.1. The highest BCUT2D eigenvalue weighted by atomic mass is 35.5. The van der Waals surface area contributed by atoms with E-state index in [0.717, 1.165) is 38.3 Å². The van der Waals surface area contributed by atoms with Crippen molar-refractivity contribution in [3.8, 4) is 0 Å². The number of rotatable bonds is 6. The van der Waals surface area contributed by atoms with E-state index in [1.54, 1.807) is 6.20 Å². The zero-order valence-electron chi connectivity index (χ0n) is 11.6. The second-order valence-corrected chi connectivity index (χ2v) is 5.43. The van der Waals surface area contributed by atoms with Crippen molar-refractivity contribution in [2.24, 2.45) is 7.05 Å². The molecule has 1 aromatic heterocycles. The number of carboxylic acids is 1. The van der Waals surface area contributed by atoms with Crippen LogP contribution in [0, 0.1) is 0 Å². The molecule has 2 rings (SSSR count). The Labute approximate surface area is 123 Å². The first-order valence-electron chi connectivity index (χ1n) is 6.78. The molecule has 0 spiro atoms. The van der Waals surface area contributed by atoms with Crippen LogP contribution in [0.2, 0.25) is 5.15 Å². The van der Waals surface area contributed by atoms with E-state index in [0.29, 0.717) is 11.8 Å². The van der Waals surface area contributed by atoms with Crippen LogP contribution in [0.25, 0.3) is 0 Å². The first-order chi connectivity index (χ1) is 9.56. The van der Waals surface area contributed by atoms with Crippen LogP contribution in [-0.2, 0) is 23.1 Å². The third-order valence-electron chi connectivity index (χ3n) is 3.60. The third kappa shape index (κ3) is 4.19. The van der Waals surface area contributed by atoms with Gasteiger partial charge in [0.15, 0.2) is 0 Å². The second-order valence-electron chi connectivity index (χ2n) is 5.05. The summed E-state index contributed by atoms with van der Waals surface area (Å²) in [4.78, 5) is 17.0. The SMILES string of the molecule is Cn1c(Cl)cnc1CN1CCC(OCCC(=O)O)CC1. The van der Waals surface area contributed by atoms with Crippen LogP contribution in [0.4, 0.5) is 0 Å². The van der Waals surface area contributed by atoms with Gasteiger partial charge in [0.2, 0.25) is 0 Å². The number of aliphatic carboxylic acids is 1. The second kappa shape index (κ2) is 7.06. The standard InChI is InChI=1S/C13H20ClN3O3/c1-16-11(14)8-15-12(16)9-17-5-2-10(3-6-17)20-7-4-13(18)19/h8,10H,2-7,9H2,1H3,(H,18,19). The number of aromatic nitrogens is 2. The summed E-state index contributed by atoms with van der Waals surface area (Å²) in [5.74, 6) is 0.148. The van der Waals surface area contributed by atoms with Gasteiger partial charge in [-0.15, -0.1) is 0 Å². The molecule has 0 amide bonds. The van der Waals surface area contributed by atoms with Crippen molar-refractivity contribution in [1.29, 1.82) is 0 Å². The van der Waals surface area contributed by atoms with Gasteiger partial charge >= 0.3 is 5.97 Å². The van der Waals surface area contributed by atoms with Gasteiger partial charge in [-0.3, -0.25) is 9.69 Å². The zero-order valence-corrected chi connectivity index (χ0v) is 12.3. The van der Waals surface area contributed by atoms with E-state index in [1.807, 2.05) is 11.6 Å². The Hall–Kier alpha value is -1.11. The van der Waals surface area contributed by atoms with Crippen molar-refractivity contribution in [2.45, 2.75) is 31.9 Å². The summed E-state index contributed by atoms with van der Waals surface area (Å²) in [6, 6.07) is 0. The Balaban J connectivity index is 1.71. The number of likely N-dealkylation sites (tertiary alicyclic amines) is 1. The van der Waals surface area contributed by atoms with Gasteiger partial charge in [0.1, 0.15) is 11.0 Å². The van der Waals surface area contributed by atoms with Crippen molar-refractivity contribution in [2.75, 3.05) is 19.7 Å². The Morgan fingerprint density at radius 2 is 2.25 bits per heavy atom. The van der Waals surface area contributed by atoms with Crippen molar-refractivity contribution in [3.05, 3.63) is 17.2 Å². The van der Waals surface area contributed by atoms with Gasteiger partial charge in [-0.25, -0.2) is 4.98 Å². The molecule has 20 heavy (non-hydrogen) atoms. The molecule has 1 saturated heterocycles. The van der Waals surface area contributed by atoms with Gasteiger partial charge in [0.25, 0.3) is 0 Å². The summed E-state index contributed by atoms with van der Waals surface area (Å²) < 4.78 is 7.46. The van der Waals surface area contributed by atoms with Gasteiger partial charge in [0, 0.05) is 20.1 Å². The molecule has 0 saturated carbocycles. The summed E-state index contributed by atoms with van der Waals surface area (Å²) in [6.45, 7) is 2.95. The summed E-state index contributed by atoms with van der Waals surface area (Å²) >= 11 is 5.97. The minimum atomic E-state index is -0.811. The van der Waals surface area contributed by atoms with Crippen LogP contribution in [-0.4, -0.2) is 51.3 Å². The molecule has 1 N–H and O–H groups in total. The number of carbonyl (C=O) groups is 1. The Bertz CT molecular complexity index is 456. The van der Waals surface area contributed by atoms with Crippen LogP contribution in [0.5, 0.6) is 0 Å². The summed E-state index contributed by atoms with van der Waals surface area (Å²) in [5.41, 5.74) is 0. The summed E-state index contributed by atoms with van der Waals surface area (Å²) in [5, 5.41) is 9.21. The van der Waals surface area contributed by atoms with Gasteiger partial charge in [-0.2, -0.15) is 0 Å². The van der Waals surface area contributed by atoms with E-state index >= 15 is 0 Å². The predicted octanol–water partition coefficient (Wildman–Crippen LogP) is 1.53. The molecule has 0 bridgehead atoms. The lowest BCUT2D eigenvalue weighted by Crippen LogP contribution is -2.37. The van der Waals surface area contributed by atoms with Crippen LogP contribution < -0.4 is 0 Å². The van der Waals surface area contributed by atoms with Gasteiger partial charge in [-0.1, -0.05) is 11.6 Å². The van der Waals surface area contributed by atoms with E-state index in [1.165, 1.54) is 0 Å². The fraction of sp³-hybridized carbons (Fsp3) is 0.692. The molecule has 6 nitrogen and oxygen atoms in total. The van der Waals surface area contributed by atoms with Crippen molar-refractivity contribution in [1.82, 2.24) is 14.5 Å². The minimum Gasteiger partial charge on any atom is -0.481 e. The molecular weight excluding hydrogens is 282 g/mol. The van der Waals surface area contributed by atoms with E-state index in [2.05, 4.69) is 9.88 Å². The maximum atomic E-state index is 10.4. The fourth-order valence-corrected chi connectivity index (χ4v) is 2.46. The number of imidazole rings is 1. The normalized spacial score (nSPS) is 17.5. The molecule has 0 aromatic carbocycles. The Morgan fingerprint density at radius 3 is 2.80 bits per heavy atom. The predicted molar refractivity (Wildman–Crippen MR) is 74.7 cm³/mol. The summed E-state index contributed by atoms with van der Waals surface area (Å²) in [6.07, 6.45) is 3.77. The number of ether oxygens (including phenoxy) is 1. The lowest BCUT2D eigenvalue weighted by molar-refractivity contribution is -0.138. The number of carboxylic acid groups (broad SMARTS) is 1. The number of piperidine rings is 1. The molecule has 0 aliphatic carbocycles. The quantitative estimate of drug-likeness (QED) is 0.863. The maximum absolute atomic E-state index is 10.4. The molecule has 112 valence electrons. The minimum absolute atomic E-state index is 0.0754. The first-order valence-corrected chi connectivity index (χ1v) is 7.16. The van der Waals surface area contributed by atoms with Gasteiger partial charge in [-0.05, 0) is 12.8 Å². The smallest absolute Gasteiger partial charge is 0.305 e. The molecule has 0 unspecified atom stereocenters. The van der Waals surface area contributed by atoms with E-state index in [4.69, 9.17) is 21.4 Å². The molecular formula is C13H20ClN3O3. The Morgan fingerprint density at radius 1 is 1.55 bits per heavy atom. The highest BCUT2D eigenvalue weighted by Gasteiger charge is 2.21. The van der Waals surface area contributed by atoms with Crippen molar-refractivity contribution < 1.29 is 14.6 Å². The highest BCUT2D eigenvalue weighted by Crippen LogP contribution is 2.17. The fourth-order valence-electron chi connectivity index (χ4n) is 2.32. The molecule has 7 heteroatoms. The van der Waals surface area contributed by atoms with E-state index in [-0.39, 0.29) is 12.5 Å². The van der Waals surface area contributed by atoms with Crippen LogP contribution in [0.1, 0.15) is 25.1 Å². The average Bonchev–Trinajstić information content (AvgIpc) is 2.72. The van der Waals surface area contributed by atoms with Gasteiger partial charge < -0.3 is 14.4 Å². The molecule has 1 aromatic rings. The molecule has 1 fully saturated rings. The first kappa shape index (κ1) is 15.3. The molecule has 0 radical (unpaired) electrons. The van der Waals surface area contributed by atoms with Crippen LogP contribution >= 0.6 is 11.6 Å². The van der Waals surface area contributed by atoms with Gasteiger partial charge in [0.05, 0.1) is 31.9 Å². The average molecular weight is 302 g/mol. The van der Waals surface area contributed by atoms with Crippen molar-refractivity contribution in [3.63, 3.8) is 0 Å². The van der Waals surface area contributed by atoms with Crippen molar-refractivity contribution >= 4 is 17.6 Å². The number of halogens is 1. The zero-order chi connectivity index (χ0) is 14.5. The van der Waals surface area contributed by atoms with E-state index in [9.17, 15) is 4.79 Å². The topological polar surface area (TPSA) is 67.6 Å². The Kier molecular flexibility index (Phi) is 5.39.